The van der Waals surface area contributed by atoms with E-state index in [0.717, 1.165) is 28.4 Å². The molecule has 1 aliphatic rings. The zero-order valence-corrected chi connectivity index (χ0v) is 16.5. The van der Waals surface area contributed by atoms with Gasteiger partial charge in [-0.2, -0.15) is 0 Å². The Labute approximate surface area is 150 Å². The highest BCUT2D eigenvalue weighted by atomic mass is 35.5. The van der Waals surface area contributed by atoms with E-state index in [2.05, 4.69) is 0 Å². The average molecular weight is 411 g/mol. The van der Waals surface area contributed by atoms with Crippen molar-refractivity contribution in [1.29, 1.82) is 0 Å². The minimum atomic E-state index is -4.07. The Morgan fingerprint density at radius 1 is 1.00 bits per heavy atom. The number of hydrogen-bond acceptors (Lipinski definition) is 8. The van der Waals surface area contributed by atoms with Crippen molar-refractivity contribution in [2.45, 2.75) is 0 Å². The number of phosphoric acid groups is 1. The highest BCUT2D eigenvalue weighted by Crippen LogP contribution is 2.64. The van der Waals surface area contributed by atoms with Gasteiger partial charge >= 0.3 is 15.4 Å². The fourth-order valence-electron chi connectivity index (χ4n) is 1.92. The first kappa shape index (κ1) is 20.2. The number of para-hydroxylation sites is 1. The molecule has 1 heterocycles. The van der Waals surface area contributed by atoms with E-state index in [4.69, 9.17) is 39.0 Å². The van der Waals surface area contributed by atoms with Crippen molar-refractivity contribution in [3.63, 3.8) is 0 Å². The summed E-state index contributed by atoms with van der Waals surface area (Å²) in [7, 11) is -3.60. The Kier molecular flexibility index (Phi) is 6.51. The largest absolute Gasteiger partial charge is 0.529 e. The summed E-state index contributed by atoms with van der Waals surface area (Å²) in [5.41, 5.74) is 0.135. The number of rotatable bonds is 7. The van der Waals surface area contributed by atoms with Crippen LogP contribution >= 0.6 is 27.0 Å². The molecular formula is C14H17ClO8P2. The highest BCUT2D eigenvalue weighted by molar-refractivity contribution is 7.59. The van der Waals surface area contributed by atoms with Gasteiger partial charge in [-0.15, -0.1) is 0 Å². The first-order valence-corrected chi connectivity index (χ1v) is 10.2. The topological polar surface area (TPSA) is 89.5 Å². The minimum Gasteiger partial charge on any atom is -0.452 e. The maximum absolute atomic E-state index is 12.9. The van der Waals surface area contributed by atoms with Crippen LogP contribution in [0.25, 0.3) is 5.03 Å². The fraction of sp³-hybridized carbons (Fsp3) is 0.286. The normalized spacial score (nSPS) is 16.6. The third-order valence-electron chi connectivity index (χ3n) is 3.21. The SMILES string of the molecule is COP(=O)(OC)O/C(=C1/C=C(Cl)c2ccccc2O1)P(=O)(OC)OC. The van der Waals surface area contributed by atoms with Crippen LogP contribution in [0, 0.1) is 0 Å². The van der Waals surface area contributed by atoms with E-state index in [1.54, 1.807) is 24.3 Å². The van der Waals surface area contributed by atoms with Crippen LogP contribution in [-0.4, -0.2) is 28.4 Å². The molecule has 0 saturated heterocycles. The van der Waals surface area contributed by atoms with E-state index in [9.17, 15) is 9.13 Å². The number of phosphoric ester groups is 1. The Morgan fingerprint density at radius 2 is 1.60 bits per heavy atom. The van der Waals surface area contributed by atoms with Crippen molar-refractivity contribution in [3.8, 4) is 5.75 Å². The number of ether oxygens (including phenoxy) is 1. The molecule has 1 aliphatic heterocycles. The summed E-state index contributed by atoms with van der Waals surface area (Å²) in [4.78, 5) is 0. The molecule has 1 aromatic rings. The lowest BCUT2D eigenvalue weighted by Gasteiger charge is -2.24. The zero-order valence-electron chi connectivity index (χ0n) is 13.9. The van der Waals surface area contributed by atoms with E-state index >= 15 is 0 Å². The smallest absolute Gasteiger partial charge is 0.452 e. The first-order chi connectivity index (χ1) is 11.8. The van der Waals surface area contributed by atoms with Gasteiger partial charge in [0.1, 0.15) is 5.75 Å². The Morgan fingerprint density at radius 3 is 2.16 bits per heavy atom. The number of halogens is 1. The Hall–Kier alpha value is -1.11. The standard InChI is InChI=1S/C14H17ClO8P2/c1-18-24(16,19-2)14(23-25(17,20-3)21-4)13-9-11(15)10-7-5-6-8-12(10)22-13/h5-9H,1-4H3/b14-13+. The molecule has 0 atom stereocenters. The van der Waals surface area contributed by atoms with Crippen LogP contribution in [0.15, 0.2) is 41.6 Å². The van der Waals surface area contributed by atoms with Gasteiger partial charge in [-0.05, 0) is 12.1 Å². The Balaban J connectivity index is 2.64. The molecule has 0 aliphatic carbocycles. The molecular weight excluding hydrogens is 394 g/mol. The molecule has 0 bridgehead atoms. The van der Waals surface area contributed by atoms with Gasteiger partial charge in [-0.3, -0.25) is 13.6 Å². The third kappa shape index (κ3) is 4.18. The number of hydrogen-bond donors (Lipinski definition) is 0. The van der Waals surface area contributed by atoms with Crippen LogP contribution in [0.5, 0.6) is 5.75 Å². The summed E-state index contributed by atoms with van der Waals surface area (Å²) < 4.78 is 55.4. The van der Waals surface area contributed by atoms with Crippen LogP contribution in [-0.2, 0) is 31.7 Å². The van der Waals surface area contributed by atoms with E-state index < -0.39 is 20.9 Å². The molecule has 25 heavy (non-hydrogen) atoms. The minimum absolute atomic E-state index is 0.106. The maximum Gasteiger partial charge on any atom is 0.529 e. The number of allylic oxidation sites excluding steroid dienone is 1. The molecule has 0 unspecified atom stereocenters. The summed E-state index contributed by atoms with van der Waals surface area (Å²) in [6.07, 6.45) is 1.35. The van der Waals surface area contributed by atoms with E-state index in [1.807, 2.05) is 0 Å². The van der Waals surface area contributed by atoms with E-state index in [-0.39, 0.29) is 5.76 Å². The van der Waals surface area contributed by atoms with Crippen molar-refractivity contribution in [1.82, 2.24) is 0 Å². The van der Waals surface area contributed by atoms with Gasteiger partial charge in [0.15, 0.2) is 5.76 Å². The third-order valence-corrected chi connectivity index (χ3v) is 6.74. The molecule has 0 spiro atoms. The van der Waals surface area contributed by atoms with Crippen LogP contribution in [0.3, 0.4) is 0 Å². The van der Waals surface area contributed by atoms with Gasteiger partial charge in [0, 0.05) is 40.1 Å². The lowest BCUT2D eigenvalue weighted by Crippen LogP contribution is -2.09. The number of benzene rings is 1. The first-order valence-electron chi connectivity index (χ1n) is 6.84. The highest BCUT2D eigenvalue weighted by Gasteiger charge is 2.41. The number of fused-ring (bicyclic) bond motifs is 1. The van der Waals surface area contributed by atoms with Crippen LogP contribution in [0.4, 0.5) is 0 Å². The summed E-state index contributed by atoms with van der Waals surface area (Å²) in [6.45, 7) is 0. The monoisotopic (exact) mass is 410 g/mol. The van der Waals surface area contributed by atoms with E-state index in [1.165, 1.54) is 6.08 Å². The van der Waals surface area contributed by atoms with Crippen LogP contribution < -0.4 is 4.74 Å². The zero-order chi connectivity index (χ0) is 18.7. The van der Waals surface area contributed by atoms with Crippen LogP contribution in [0.2, 0.25) is 0 Å². The Bertz CT molecular complexity index is 788. The molecule has 2 rings (SSSR count). The molecule has 11 heteroatoms. The van der Waals surface area contributed by atoms with Crippen molar-refractivity contribution in [2.24, 2.45) is 0 Å². The van der Waals surface area contributed by atoms with Gasteiger partial charge < -0.3 is 18.3 Å². The molecule has 1 aromatic carbocycles. The van der Waals surface area contributed by atoms with Crippen molar-refractivity contribution in [2.75, 3.05) is 28.4 Å². The van der Waals surface area contributed by atoms with Gasteiger partial charge in [0.25, 0.3) is 5.50 Å². The fourth-order valence-corrected chi connectivity index (χ4v) is 4.34. The second-order valence-corrected chi connectivity index (χ2v) is 8.87. The van der Waals surface area contributed by atoms with E-state index in [0.29, 0.717) is 16.3 Å². The molecule has 0 fully saturated rings. The summed E-state index contributed by atoms with van der Waals surface area (Å²) in [5, 5.41) is 0.293. The summed E-state index contributed by atoms with van der Waals surface area (Å²) >= 11 is 6.25. The summed E-state index contributed by atoms with van der Waals surface area (Å²) in [5.74, 6) is 0.277. The van der Waals surface area contributed by atoms with Gasteiger partial charge in [0.05, 0.1) is 5.03 Å². The molecule has 0 N–H and O–H groups in total. The molecule has 8 nitrogen and oxygen atoms in total. The predicted molar refractivity (Wildman–Crippen MR) is 92.3 cm³/mol. The van der Waals surface area contributed by atoms with Gasteiger partial charge in [0.2, 0.25) is 0 Å². The second-order valence-electron chi connectivity index (χ2n) is 4.53. The van der Waals surface area contributed by atoms with Crippen molar-refractivity contribution in [3.05, 3.63) is 47.2 Å². The lowest BCUT2D eigenvalue weighted by atomic mass is 10.1. The maximum atomic E-state index is 12.9. The van der Waals surface area contributed by atoms with Gasteiger partial charge in [-0.25, -0.2) is 4.57 Å². The van der Waals surface area contributed by atoms with Crippen LogP contribution in [0.1, 0.15) is 5.56 Å². The lowest BCUT2D eigenvalue weighted by molar-refractivity contribution is 0.175. The van der Waals surface area contributed by atoms with Gasteiger partial charge in [-0.1, -0.05) is 23.7 Å². The summed E-state index contributed by atoms with van der Waals surface area (Å²) in [6, 6.07) is 6.91. The molecule has 0 radical (unpaired) electrons. The average Bonchev–Trinajstić information content (AvgIpc) is 2.65. The second kappa shape index (κ2) is 8.06. The quantitative estimate of drug-likeness (QED) is 0.470. The predicted octanol–water partition coefficient (Wildman–Crippen LogP) is 4.73. The van der Waals surface area contributed by atoms with Crippen molar-refractivity contribution >= 4 is 32.1 Å². The molecule has 0 amide bonds. The van der Waals surface area contributed by atoms with Crippen molar-refractivity contribution < 1.29 is 36.5 Å². The molecule has 0 aromatic heterocycles. The molecule has 138 valence electrons. The molecule has 0 saturated carbocycles.